The Morgan fingerprint density at radius 1 is 1.35 bits per heavy atom. The van der Waals surface area contributed by atoms with Crippen LogP contribution in [-0.2, 0) is 15.6 Å². The Morgan fingerprint density at radius 2 is 2.05 bits per heavy atom. The summed E-state index contributed by atoms with van der Waals surface area (Å²) in [6, 6.07) is 2.24. The van der Waals surface area contributed by atoms with Crippen molar-refractivity contribution in [3.63, 3.8) is 0 Å². The van der Waals surface area contributed by atoms with Gasteiger partial charge in [0, 0.05) is 16.6 Å². The molecule has 5 nitrogen and oxygen atoms in total. The van der Waals surface area contributed by atoms with Gasteiger partial charge in [0.2, 0.25) is 0 Å². The highest BCUT2D eigenvalue weighted by atomic mass is 35.5. The number of hydrogen-bond donors (Lipinski definition) is 1. The third-order valence-electron chi connectivity index (χ3n) is 2.37. The Kier molecular flexibility index (Phi) is 4.33. The average Bonchev–Trinajstić information content (AvgIpc) is 2.83. The van der Waals surface area contributed by atoms with Gasteiger partial charge in [0.1, 0.15) is 10.8 Å². The van der Waals surface area contributed by atoms with Gasteiger partial charge in [0.25, 0.3) is 0 Å². The van der Waals surface area contributed by atoms with Gasteiger partial charge in [-0.15, -0.1) is 11.3 Å². The van der Waals surface area contributed by atoms with E-state index in [2.05, 4.69) is 4.98 Å². The fourth-order valence-corrected chi connectivity index (χ4v) is 4.72. The largest absolute Gasteiger partial charge is 0.478 e. The summed E-state index contributed by atoms with van der Waals surface area (Å²) in [6.45, 7) is 0. The first kappa shape index (κ1) is 15.2. The predicted octanol–water partition coefficient (Wildman–Crippen LogP) is 3.12. The number of aromatic carboxylic acids is 1. The number of carboxylic acids is 1. The van der Waals surface area contributed by atoms with Gasteiger partial charge in [-0.1, -0.05) is 23.2 Å². The van der Waals surface area contributed by atoms with Gasteiger partial charge in [-0.2, -0.15) is 0 Å². The lowest BCUT2D eigenvalue weighted by Crippen LogP contribution is -2.08. The summed E-state index contributed by atoms with van der Waals surface area (Å²) in [5.41, 5.74) is -0.350. The van der Waals surface area contributed by atoms with E-state index >= 15 is 0 Å². The molecule has 0 aliphatic rings. The number of hydrogen-bond acceptors (Lipinski definition) is 5. The highest BCUT2D eigenvalue weighted by Crippen LogP contribution is 2.31. The van der Waals surface area contributed by atoms with E-state index in [9.17, 15) is 13.2 Å². The number of aromatic nitrogens is 1. The maximum Gasteiger partial charge on any atom is 0.337 e. The molecular weight excluding hydrogens is 345 g/mol. The normalized spacial score (nSPS) is 11.5. The van der Waals surface area contributed by atoms with Crippen molar-refractivity contribution in [2.75, 3.05) is 0 Å². The van der Waals surface area contributed by atoms with Crippen LogP contribution in [0.15, 0.2) is 28.6 Å². The van der Waals surface area contributed by atoms with Crippen LogP contribution in [0.25, 0.3) is 0 Å². The predicted molar refractivity (Wildman–Crippen MR) is 76.4 cm³/mol. The van der Waals surface area contributed by atoms with Crippen LogP contribution in [0.3, 0.4) is 0 Å². The molecule has 0 unspecified atom stereocenters. The second-order valence-corrected chi connectivity index (χ2v) is 7.51. The third kappa shape index (κ3) is 3.12. The summed E-state index contributed by atoms with van der Waals surface area (Å²) in [5.74, 6) is -1.70. The van der Waals surface area contributed by atoms with E-state index < -0.39 is 15.8 Å². The Labute approximate surface area is 128 Å². The Hall–Kier alpha value is -1.15. The molecule has 9 heteroatoms. The molecule has 2 aromatic rings. The molecule has 0 aliphatic carbocycles. The lowest BCUT2D eigenvalue weighted by molar-refractivity contribution is 0.0697. The van der Waals surface area contributed by atoms with Crippen LogP contribution >= 0.6 is 34.5 Å². The van der Waals surface area contributed by atoms with Gasteiger partial charge in [-0.3, -0.25) is 0 Å². The topological polar surface area (TPSA) is 84.3 Å². The maximum absolute atomic E-state index is 12.3. The molecule has 2 rings (SSSR count). The molecule has 0 aliphatic heterocycles. The number of halogens is 2. The molecule has 1 heterocycles. The molecule has 1 aromatic carbocycles. The first-order chi connectivity index (χ1) is 9.31. The van der Waals surface area contributed by atoms with Crippen molar-refractivity contribution >= 4 is 50.3 Å². The van der Waals surface area contributed by atoms with Crippen LogP contribution in [0.4, 0.5) is 0 Å². The highest BCUT2D eigenvalue weighted by Gasteiger charge is 2.24. The van der Waals surface area contributed by atoms with E-state index in [0.29, 0.717) is 5.01 Å². The summed E-state index contributed by atoms with van der Waals surface area (Å²) in [4.78, 5) is 14.6. The molecule has 0 amide bonds. The second-order valence-electron chi connectivity index (χ2n) is 3.76. The molecule has 0 atom stereocenters. The van der Waals surface area contributed by atoms with Crippen LogP contribution in [-0.4, -0.2) is 24.5 Å². The van der Waals surface area contributed by atoms with Gasteiger partial charge in [-0.25, -0.2) is 18.2 Å². The molecule has 106 valence electrons. The average molecular weight is 352 g/mol. The van der Waals surface area contributed by atoms with Crippen LogP contribution in [0.5, 0.6) is 0 Å². The zero-order valence-electron chi connectivity index (χ0n) is 9.71. The molecule has 0 radical (unpaired) electrons. The van der Waals surface area contributed by atoms with E-state index in [-0.39, 0.29) is 26.3 Å². The zero-order chi connectivity index (χ0) is 14.9. The first-order valence-corrected chi connectivity index (χ1v) is 8.43. The van der Waals surface area contributed by atoms with Gasteiger partial charge in [0.15, 0.2) is 9.84 Å². The molecular formula is C11H7Cl2NO4S2. The number of thiazole rings is 1. The summed E-state index contributed by atoms with van der Waals surface area (Å²) >= 11 is 12.8. The summed E-state index contributed by atoms with van der Waals surface area (Å²) in [6.07, 6.45) is 1.48. The zero-order valence-corrected chi connectivity index (χ0v) is 12.9. The number of benzene rings is 1. The number of sulfone groups is 1. The van der Waals surface area contributed by atoms with Gasteiger partial charge < -0.3 is 5.11 Å². The van der Waals surface area contributed by atoms with Crippen molar-refractivity contribution in [2.24, 2.45) is 0 Å². The van der Waals surface area contributed by atoms with Crippen LogP contribution < -0.4 is 0 Å². The Balaban J connectivity index is 2.54. The highest BCUT2D eigenvalue weighted by molar-refractivity contribution is 7.90. The molecule has 0 saturated carbocycles. The van der Waals surface area contributed by atoms with E-state index in [1.165, 1.54) is 17.5 Å². The monoisotopic (exact) mass is 351 g/mol. The third-order valence-corrected chi connectivity index (χ3v) is 5.71. The second kappa shape index (κ2) is 5.69. The molecule has 0 saturated heterocycles. The standard InChI is InChI=1S/C11H7Cl2NO4S2/c12-6-3-7(11(15)16)10(13)8(4-6)20(17,18)5-9-14-1-2-19-9/h1-4H,5H2,(H,15,16). The number of carboxylic acid groups (broad SMARTS) is 1. The van der Waals surface area contributed by atoms with Crippen molar-refractivity contribution in [1.29, 1.82) is 0 Å². The molecule has 0 spiro atoms. The fraction of sp³-hybridized carbons (Fsp3) is 0.0909. The van der Waals surface area contributed by atoms with E-state index in [1.54, 1.807) is 5.38 Å². The molecule has 0 fully saturated rings. The van der Waals surface area contributed by atoms with Gasteiger partial charge in [-0.05, 0) is 12.1 Å². The van der Waals surface area contributed by atoms with Crippen LogP contribution in [0.2, 0.25) is 10.0 Å². The van der Waals surface area contributed by atoms with Crippen molar-refractivity contribution in [1.82, 2.24) is 4.98 Å². The minimum absolute atomic E-state index is 0.00971. The van der Waals surface area contributed by atoms with Crippen molar-refractivity contribution < 1.29 is 18.3 Å². The Bertz CT molecular complexity index is 757. The summed E-state index contributed by atoms with van der Waals surface area (Å²) in [7, 11) is -3.82. The minimum atomic E-state index is -3.82. The van der Waals surface area contributed by atoms with Crippen molar-refractivity contribution in [2.45, 2.75) is 10.6 Å². The van der Waals surface area contributed by atoms with Crippen LogP contribution in [0.1, 0.15) is 15.4 Å². The number of rotatable bonds is 4. The number of nitrogens with zero attached hydrogens (tertiary/aromatic N) is 1. The van der Waals surface area contributed by atoms with Crippen molar-refractivity contribution in [3.05, 3.63) is 44.3 Å². The van der Waals surface area contributed by atoms with E-state index in [1.807, 2.05) is 0 Å². The van der Waals surface area contributed by atoms with E-state index in [0.717, 1.165) is 12.1 Å². The van der Waals surface area contributed by atoms with E-state index in [4.69, 9.17) is 28.3 Å². The first-order valence-electron chi connectivity index (χ1n) is 5.15. The maximum atomic E-state index is 12.3. The van der Waals surface area contributed by atoms with Crippen molar-refractivity contribution in [3.8, 4) is 0 Å². The summed E-state index contributed by atoms with van der Waals surface area (Å²) < 4.78 is 24.6. The molecule has 1 aromatic heterocycles. The lowest BCUT2D eigenvalue weighted by atomic mass is 10.2. The smallest absolute Gasteiger partial charge is 0.337 e. The Morgan fingerprint density at radius 3 is 2.60 bits per heavy atom. The summed E-state index contributed by atoms with van der Waals surface area (Å²) in [5, 5.41) is 10.7. The number of carbonyl (C=O) groups is 1. The lowest BCUT2D eigenvalue weighted by Gasteiger charge is -2.08. The minimum Gasteiger partial charge on any atom is -0.478 e. The quantitative estimate of drug-likeness (QED) is 0.914. The molecule has 1 N–H and O–H groups in total. The molecule has 0 bridgehead atoms. The van der Waals surface area contributed by atoms with Gasteiger partial charge in [0.05, 0.1) is 15.5 Å². The fourth-order valence-electron chi connectivity index (χ4n) is 1.51. The SMILES string of the molecule is O=C(O)c1cc(Cl)cc(S(=O)(=O)Cc2nccs2)c1Cl. The van der Waals surface area contributed by atoms with Crippen LogP contribution in [0, 0.1) is 0 Å². The van der Waals surface area contributed by atoms with Gasteiger partial charge >= 0.3 is 5.97 Å². The molecule has 20 heavy (non-hydrogen) atoms.